The molecule has 1 N–H and O–H groups in total. The van der Waals surface area contributed by atoms with E-state index >= 15 is 0 Å². The van der Waals surface area contributed by atoms with Crippen molar-refractivity contribution in [2.75, 3.05) is 13.1 Å². The summed E-state index contributed by atoms with van der Waals surface area (Å²) in [4.78, 5) is 12.1. The summed E-state index contributed by atoms with van der Waals surface area (Å²) >= 11 is 0. The number of benzene rings is 1. The molecule has 0 aliphatic carbocycles. The molecular formula is C8H9N5O4S. The number of rotatable bonds is 6. The second-order valence-corrected chi connectivity index (χ2v) is 4.87. The summed E-state index contributed by atoms with van der Waals surface area (Å²) in [6, 6.07) is 4.66. The van der Waals surface area contributed by atoms with Crippen LogP contribution in [0.15, 0.2) is 34.3 Å². The molecule has 0 unspecified atom stereocenters. The summed E-state index contributed by atoms with van der Waals surface area (Å²) in [6.07, 6.45) is 0. The lowest BCUT2D eigenvalue weighted by Gasteiger charge is -2.04. The Labute approximate surface area is 102 Å². The highest BCUT2D eigenvalue weighted by molar-refractivity contribution is 7.89. The van der Waals surface area contributed by atoms with E-state index in [1.54, 1.807) is 0 Å². The zero-order valence-corrected chi connectivity index (χ0v) is 9.87. The molecule has 0 atom stereocenters. The zero-order valence-electron chi connectivity index (χ0n) is 9.05. The molecule has 0 saturated carbocycles. The molecule has 0 saturated heterocycles. The number of azide groups is 1. The first kappa shape index (κ1) is 13.9. The average molecular weight is 271 g/mol. The lowest BCUT2D eigenvalue weighted by Crippen LogP contribution is -2.26. The predicted molar refractivity (Wildman–Crippen MR) is 62.3 cm³/mol. The van der Waals surface area contributed by atoms with Crippen molar-refractivity contribution in [1.82, 2.24) is 4.72 Å². The molecule has 0 radical (unpaired) electrons. The van der Waals surface area contributed by atoms with Crippen molar-refractivity contribution in [2.45, 2.75) is 4.90 Å². The molecule has 0 aliphatic rings. The van der Waals surface area contributed by atoms with Gasteiger partial charge in [-0.2, -0.15) is 0 Å². The molecule has 0 aromatic heterocycles. The van der Waals surface area contributed by atoms with E-state index in [0.717, 1.165) is 6.07 Å². The summed E-state index contributed by atoms with van der Waals surface area (Å²) in [7, 11) is -3.83. The second-order valence-electron chi connectivity index (χ2n) is 3.11. The van der Waals surface area contributed by atoms with Gasteiger partial charge in [-0.25, -0.2) is 13.1 Å². The lowest BCUT2D eigenvalue weighted by molar-refractivity contribution is -0.385. The maximum absolute atomic E-state index is 11.7. The predicted octanol–water partition coefficient (Wildman–Crippen LogP) is 1.18. The third kappa shape index (κ3) is 3.70. The molecule has 1 aromatic rings. The summed E-state index contributed by atoms with van der Waals surface area (Å²) in [5.74, 6) is 0. The maximum atomic E-state index is 11.7. The Morgan fingerprint density at radius 3 is 2.83 bits per heavy atom. The van der Waals surface area contributed by atoms with E-state index < -0.39 is 14.9 Å². The fraction of sp³-hybridized carbons (Fsp3) is 0.250. The highest BCUT2D eigenvalue weighted by Gasteiger charge is 2.16. The third-order valence-corrected chi connectivity index (χ3v) is 3.36. The summed E-state index contributed by atoms with van der Waals surface area (Å²) < 4.78 is 25.6. The van der Waals surface area contributed by atoms with Crippen molar-refractivity contribution in [2.24, 2.45) is 5.11 Å². The minimum atomic E-state index is -3.83. The van der Waals surface area contributed by atoms with Crippen molar-refractivity contribution in [3.63, 3.8) is 0 Å². The first-order valence-corrected chi connectivity index (χ1v) is 6.20. The van der Waals surface area contributed by atoms with E-state index in [1.165, 1.54) is 18.2 Å². The minimum Gasteiger partial charge on any atom is -0.258 e. The average Bonchev–Trinajstić information content (AvgIpc) is 2.35. The summed E-state index contributed by atoms with van der Waals surface area (Å²) in [5, 5.41) is 13.7. The third-order valence-electron chi connectivity index (χ3n) is 1.91. The van der Waals surface area contributed by atoms with Gasteiger partial charge in [0.05, 0.1) is 9.82 Å². The summed E-state index contributed by atoms with van der Waals surface area (Å²) in [6.45, 7) is -0.111. The number of hydrogen-bond donors (Lipinski definition) is 1. The fourth-order valence-electron chi connectivity index (χ4n) is 1.12. The number of nitro groups is 1. The Hall–Kier alpha value is -2.16. The normalized spacial score (nSPS) is 10.7. The first-order valence-electron chi connectivity index (χ1n) is 4.72. The van der Waals surface area contributed by atoms with Gasteiger partial charge in [0.25, 0.3) is 5.69 Å². The first-order chi connectivity index (χ1) is 8.47. The molecule has 0 aliphatic heterocycles. The summed E-state index contributed by atoms with van der Waals surface area (Å²) in [5.41, 5.74) is 7.70. The quantitative estimate of drug-likeness (QED) is 0.207. The number of non-ortho nitro benzene ring substituents is 1. The molecule has 0 spiro atoms. The smallest absolute Gasteiger partial charge is 0.258 e. The largest absolute Gasteiger partial charge is 0.270 e. The lowest BCUT2D eigenvalue weighted by atomic mass is 10.3. The van der Waals surface area contributed by atoms with Gasteiger partial charge >= 0.3 is 0 Å². The number of nitrogens with one attached hydrogen (secondary N) is 1. The molecule has 9 nitrogen and oxygen atoms in total. The second kappa shape index (κ2) is 5.96. The van der Waals surface area contributed by atoms with Gasteiger partial charge in [0.15, 0.2) is 0 Å². The molecule has 10 heteroatoms. The van der Waals surface area contributed by atoms with Crippen molar-refractivity contribution < 1.29 is 13.3 Å². The van der Waals surface area contributed by atoms with Crippen LogP contribution in [0.3, 0.4) is 0 Å². The molecule has 1 aromatic carbocycles. The van der Waals surface area contributed by atoms with Crippen molar-refractivity contribution in [3.05, 3.63) is 44.8 Å². The van der Waals surface area contributed by atoms with Crippen LogP contribution in [0.2, 0.25) is 0 Å². The fourth-order valence-corrected chi connectivity index (χ4v) is 2.18. The van der Waals surface area contributed by atoms with Gasteiger partial charge in [-0.15, -0.1) is 0 Å². The van der Waals surface area contributed by atoms with Crippen LogP contribution in [0.1, 0.15) is 0 Å². The molecular weight excluding hydrogens is 262 g/mol. The van der Waals surface area contributed by atoms with E-state index in [2.05, 4.69) is 14.7 Å². The highest BCUT2D eigenvalue weighted by Crippen LogP contribution is 2.16. The van der Waals surface area contributed by atoms with Crippen LogP contribution < -0.4 is 4.72 Å². The van der Waals surface area contributed by atoms with Crippen LogP contribution in [0, 0.1) is 10.1 Å². The SMILES string of the molecule is [N-]=[N+]=NCCNS(=O)(=O)c1cccc([N+](=O)[O-])c1. The van der Waals surface area contributed by atoms with Crippen LogP contribution in [0.25, 0.3) is 10.4 Å². The van der Waals surface area contributed by atoms with Gasteiger partial charge in [0, 0.05) is 30.1 Å². The topological polar surface area (TPSA) is 138 Å². The Balaban J connectivity index is 2.87. The minimum absolute atomic E-state index is 0.0370. The number of hydrogen-bond acceptors (Lipinski definition) is 5. The van der Waals surface area contributed by atoms with E-state index in [1.807, 2.05) is 0 Å². The van der Waals surface area contributed by atoms with Gasteiger partial charge < -0.3 is 0 Å². The zero-order chi connectivity index (χ0) is 13.6. The molecule has 96 valence electrons. The standard InChI is InChI=1S/C8H9N5O4S/c9-12-10-4-5-11-18(16,17)8-3-1-2-7(6-8)13(14)15/h1-3,6,11H,4-5H2. The van der Waals surface area contributed by atoms with E-state index in [9.17, 15) is 18.5 Å². The Morgan fingerprint density at radius 2 is 2.22 bits per heavy atom. The monoisotopic (exact) mass is 271 g/mol. The van der Waals surface area contributed by atoms with Crippen LogP contribution in [-0.2, 0) is 10.0 Å². The van der Waals surface area contributed by atoms with E-state index in [0.29, 0.717) is 0 Å². The van der Waals surface area contributed by atoms with Crippen molar-refractivity contribution in [1.29, 1.82) is 0 Å². The van der Waals surface area contributed by atoms with Gasteiger partial charge in [-0.1, -0.05) is 11.2 Å². The molecule has 0 bridgehead atoms. The van der Waals surface area contributed by atoms with Crippen LogP contribution in [0.4, 0.5) is 5.69 Å². The van der Waals surface area contributed by atoms with Gasteiger partial charge in [0.2, 0.25) is 10.0 Å². The maximum Gasteiger partial charge on any atom is 0.270 e. The van der Waals surface area contributed by atoms with Gasteiger partial charge in [-0.3, -0.25) is 10.1 Å². The van der Waals surface area contributed by atoms with E-state index in [4.69, 9.17) is 5.53 Å². The Bertz CT molecular complexity index is 593. The van der Waals surface area contributed by atoms with E-state index in [-0.39, 0.29) is 23.7 Å². The molecule has 0 fully saturated rings. The Kier molecular flexibility index (Phi) is 4.60. The molecule has 1 rings (SSSR count). The van der Waals surface area contributed by atoms with Crippen LogP contribution in [-0.4, -0.2) is 26.4 Å². The van der Waals surface area contributed by atoms with Crippen molar-refractivity contribution in [3.8, 4) is 0 Å². The number of nitrogens with zero attached hydrogens (tertiary/aromatic N) is 4. The van der Waals surface area contributed by atoms with Crippen LogP contribution >= 0.6 is 0 Å². The molecule has 0 amide bonds. The molecule has 0 heterocycles. The Morgan fingerprint density at radius 1 is 1.50 bits per heavy atom. The van der Waals surface area contributed by atoms with Crippen molar-refractivity contribution >= 4 is 15.7 Å². The number of sulfonamides is 1. The van der Waals surface area contributed by atoms with Crippen LogP contribution in [0.5, 0.6) is 0 Å². The van der Waals surface area contributed by atoms with Gasteiger partial charge in [-0.05, 0) is 11.6 Å². The number of nitro benzene ring substituents is 1. The van der Waals surface area contributed by atoms with Gasteiger partial charge in [0.1, 0.15) is 0 Å². The highest BCUT2D eigenvalue weighted by atomic mass is 32.2. The molecule has 18 heavy (non-hydrogen) atoms.